The number of carbonyl (C=O) groups is 1. The van der Waals surface area contributed by atoms with Gasteiger partial charge in [0.05, 0.1) is 18.7 Å². The van der Waals surface area contributed by atoms with Gasteiger partial charge in [0.2, 0.25) is 5.91 Å². The van der Waals surface area contributed by atoms with E-state index in [1.807, 2.05) is 30.0 Å². The standard InChI is InChI=1S/C15H20N2O2/c1-11-15(18)17(13-8-5-9-19-10-13)14(16-11)12-6-3-2-4-7-12/h2-4,6-7,11,13-14,16H,5,8-10H2,1H3. The summed E-state index contributed by atoms with van der Waals surface area (Å²) in [4.78, 5) is 14.4. The maximum absolute atomic E-state index is 12.4. The predicted octanol–water partition coefficient (Wildman–Crippen LogP) is 1.68. The molecule has 3 rings (SSSR count). The van der Waals surface area contributed by atoms with Gasteiger partial charge in [-0.1, -0.05) is 30.3 Å². The molecule has 1 aromatic carbocycles. The van der Waals surface area contributed by atoms with Crippen molar-refractivity contribution in [3.8, 4) is 0 Å². The molecule has 4 nitrogen and oxygen atoms in total. The quantitative estimate of drug-likeness (QED) is 0.879. The fourth-order valence-electron chi connectivity index (χ4n) is 2.97. The van der Waals surface area contributed by atoms with Crippen molar-refractivity contribution in [1.82, 2.24) is 10.2 Å². The summed E-state index contributed by atoms with van der Waals surface area (Å²) in [6.45, 7) is 3.41. The first kappa shape index (κ1) is 12.6. The molecule has 0 radical (unpaired) electrons. The van der Waals surface area contributed by atoms with Gasteiger partial charge in [-0.05, 0) is 25.3 Å². The molecular formula is C15H20N2O2. The van der Waals surface area contributed by atoms with E-state index in [0.29, 0.717) is 6.61 Å². The molecule has 0 spiro atoms. The number of nitrogens with one attached hydrogen (secondary N) is 1. The Labute approximate surface area is 113 Å². The minimum absolute atomic E-state index is 0.0181. The highest BCUT2D eigenvalue weighted by Crippen LogP contribution is 2.30. The van der Waals surface area contributed by atoms with Crippen LogP contribution in [0.15, 0.2) is 30.3 Å². The molecule has 2 saturated heterocycles. The van der Waals surface area contributed by atoms with E-state index in [9.17, 15) is 4.79 Å². The van der Waals surface area contributed by atoms with Crippen LogP contribution in [-0.4, -0.2) is 36.1 Å². The highest BCUT2D eigenvalue weighted by Gasteiger charge is 2.41. The minimum atomic E-state index is -0.118. The molecule has 3 atom stereocenters. The van der Waals surface area contributed by atoms with Gasteiger partial charge in [-0.2, -0.15) is 0 Å². The Balaban J connectivity index is 1.87. The van der Waals surface area contributed by atoms with Crippen molar-refractivity contribution in [2.75, 3.05) is 13.2 Å². The van der Waals surface area contributed by atoms with Crippen LogP contribution in [-0.2, 0) is 9.53 Å². The van der Waals surface area contributed by atoms with Crippen molar-refractivity contribution in [1.29, 1.82) is 0 Å². The van der Waals surface area contributed by atoms with Crippen LogP contribution in [0.1, 0.15) is 31.5 Å². The Bertz CT molecular complexity index is 443. The van der Waals surface area contributed by atoms with Gasteiger partial charge in [0.1, 0.15) is 6.17 Å². The van der Waals surface area contributed by atoms with Gasteiger partial charge in [-0.3, -0.25) is 10.1 Å². The first-order valence-electron chi connectivity index (χ1n) is 6.98. The molecule has 1 amide bonds. The normalized spacial score (nSPS) is 31.7. The Morgan fingerprint density at radius 3 is 2.79 bits per heavy atom. The third-order valence-corrected chi connectivity index (χ3v) is 3.96. The summed E-state index contributed by atoms with van der Waals surface area (Å²) in [5.41, 5.74) is 1.14. The van der Waals surface area contributed by atoms with Crippen molar-refractivity contribution in [3.05, 3.63) is 35.9 Å². The third kappa shape index (κ3) is 2.38. The van der Waals surface area contributed by atoms with E-state index in [4.69, 9.17) is 4.74 Å². The number of nitrogens with zero attached hydrogens (tertiary/aromatic N) is 1. The van der Waals surface area contributed by atoms with Gasteiger partial charge in [0, 0.05) is 6.61 Å². The molecule has 19 heavy (non-hydrogen) atoms. The smallest absolute Gasteiger partial charge is 0.241 e. The molecule has 4 heteroatoms. The molecule has 2 fully saturated rings. The second kappa shape index (κ2) is 5.31. The Hall–Kier alpha value is -1.39. The van der Waals surface area contributed by atoms with Crippen molar-refractivity contribution in [3.63, 3.8) is 0 Å². The summed E-state index contributed by atoms with van der Waals surface area (Å²) in [6, 6.07) is 10.2. The summed E-state index contributed by atoms with van der Waals surface area (Å²) in [5.74, 6) is 0.185. The van der Waals surface area contributed by atoms with E-state index < -0.39 is 0 Å². The molecule has 102 valence electrons. The van der Waals surface area contributed by atoms with Crippen LogP contribution in [0.4, 0.5) is 0 Å². The number of carbonyl (C=O) groups excluding carboxylic acids is 1. The lowest BCUT2D eigenvalue weighted by molar-refractivity contribution is -0.135. The number of hydrogen-bond donors (Lipinski definition) is 1. The second-order valence-electron chi connectivity index (χ2n) is 5.32. The Morgan fingerprint density at radius 1 is 1.32 bits per heavy atom. The zero-order valence-electron chi connectivity index (χ0n) is 11.2. The van der Waals surface area contributed by atoms with E-state index in [2.05, 4.69) is 17.4 Å². The SMILES string of the molecule is CC1NC(c2ccccc2)N(C2CCCOC2)C1=O. The highest BCUT2D eigenvalue weighted by atomic mass is 16.5. The van der Waals surface area contributed by atoms with Gasteiger partial charge >= 0.3 is 0 Å². The third-order valence-electron chi connectivity index (χ3n) is 3.96. The van der Waals surface area contributed by atoms with E-state index in [1.54, 1.807) is 0 Å². The van der Waals surface area contributed by atoms with Gasteiger partial charge in [-0.25, -0.2) is 0 Å². The van der Waals surface area contributed by atoms with Crippen molar-refractivity contribution in [2.45, 2.75) is 38.0 Å². The van der Waals surface area contributed by atoms with Crippen molar-refractivity contribution < 1.29 is 9.53 Å². The summed E-state index contributed by atoms with van der Waals surface area (Å²) in [5, 5.41) is 3.39. The monoisotopic (exact) mass is 260 g/mol. The van der Waals surface area contributed by atoms with E-state index >= 15 is 0 Å². The highest BCUT2D eigenvalue weighted by molar-refractivity contribution is 5.84. The minimum Gasteiger partial charge on any atom is -0.379 e. The summed E-state index contributed by atoms with van der Waals surface area (Å²) in [6.07, 6.45) is 2.05. The Kier molecular flexibility index (Phi) is 3.53. The molecule has 2 aliphatic heterocycles. The number of ether oxygens (including phenoxy) is 1. The average molecular weight is 260 g/mol. The first-order chi connectivity index (χ1) is 9.27. The van der Waals surface area contributed by atoms with Crippen molar-refractivity contribution in [2.24, 2.45) is 0 Å². The molecule has 2 heterocycles. The average Bonchev–Trinajstić information content (AvgIpc) is 2.77. The molecule has 1 N–H and O–H groups in total. The molecule has 0 aromatic heterocycles. The molecule has 2 aliphatic rings. The predicted molar refractivity (Wildman–Crippen MR) is 72.5 cm³/mol. The number of rotatable bonds is 2. The van der Waals surface area contributed by atoms with Crippen LogP contribution in [0.25, 0.3) is 0 Å². The van der Waals surface area contributed by atoms with E-state index in [-0.39, 0.29) is 24.2 Å². The zero-order valence-corrected chi connectivity index (χ0v) is 11.2. The fraction of sp³-hybridized carbons (Fsp3) is 0.533. The lowest BCUT2D eigenvalue weighted by Gasteiger charge is -2.35. The second-order valence-corrected chi connectivity index (χ2v) is 5.32. The van der Waals surface area contributed by atoms with Crippen LogP contribution in [0.2, 0.25) is 0 Å². The number of hydrogen-bond acceptors (Lipinski definition) is 3. The molecule has 0 aliphatic carbocycles. The lowest BCUT2D eigenvalue weighted by atomic mass is 10.1. The van der Waals surface area contributed by atoms with Gasteiger partial charge in [-0.15, -0.1) is 0 Å². The number of amides is 1. The number of benzene rings is 1. The van der Waals surface area contributed by atoms with E-state index in [1.165, 1.54) is 0 Å². The van der Waals surface area contributed by atoms with E-state index in [0.717, 1.165) is 25.0 Å². The summed E-state index contributed by atoms with van der Waals surface area (Å²) < 4.78 is 5.54. The largest absolute Gasteiger partial charge is 0.379 e. The first-order valence-corrected chi connectivity index (χ1v) is 6.98. The molecule has 0 saturated carbocycles. The van der Waals surface area contributed by atoms with Crippen LogP contribution >= 0.6 is 0 Å². The summed E-state index contributed by atoms with van der Waals surface area (Å²) >= 11 is 0. The van der Waals surface area contributed by atoms with Crippen LogP contribution < -0.4 is 5.32 Å². The van der Waals surface area contributed by atoms with Crippen LogP contribution in [0.3, 0.4) is 0 Å². The molecule has 3 unspecified atom stereocenters. The molecule has 1 aromatic rings. The van der Waals surface area contributed by atoms with Gasteiger partial charge in [0.25, 0.3) is 0 Å². The maximum Gasteiger partial charge on any atom is 0.241 e. The topological polar surface area (TPSA) is 41.6 Å². The molecule has 0 bridgehead atoms. The van der Waals surface area contributed by atoms with Crippen molar-refractivity contribution >= 4 is 5.91 Å². The zero-order chi connectivity index (χ0) is 13.2. The fourth-order valence-corrected chi connectivity index (χ4v) is 2.97. The Morgan fingerprint density at radius 2 is 2.11 bits per heavy atom. The van der Waals surface area contributed by atoms with Crippen LogP contribution in [0, 0.1) is 0 Å². The molecular weight excluding hydrogens is 240 g/mol. The van der Waals surface area contributed by atoms with Crippen LogP contribution in [0.5, 0.6) is 0 Å². The van der Waals surface area contributed by atoms with Gasteiger partial charge < -0.3 is 9.64 Å². The summed E-state index contributed by atoms with van der Waals surface area (Å²) in [7, 11) is 0. The maximum atomic E-state index is 12.4. The lowest BCUT2D eigenvalue weighted by Crippen LogP contribution is -2.44. The van der Waals surface area contributed by atoms with Gasteiger partial charge in [0.15, 0.2) is 0 Å².